The van der Waals surface area contributed by atoms with Gasteiger partial charge in [-0.05, 0) is 18.4 Å². The number of nitrogens with two attached hydrogens (primary N) is 1. The molecule has 0 saturated carbocycles. The Morgan fingerprint density at radius 1 is 1.32 bits per heavy atom. The Hall–Kier alpha value is -1.69. The van der Waals surface area contributed by atoms with Crippen LogP contribution in [0.4, 0.5) is 5.82 Å². The SMILES string of the molecule is CCCN(CC(C)(C)CN)c1ncnc2nc[nH]c12. The minimum atomic E-state index is 0.0481. The van der Waals surface area contributed by atoms with Gasteiger partial charge in [-0.3, -0.25) is 0 Å². The molecule has 19 heavy (non-hydrogen) atoms. The van der Waals surface area contributed by atoms with Crippen molar-refractivity contribution in [2.75, 3.05) is 24.5 Å². The third-order valence-electron chi connectivity index (χ3n) is 3.17. The highest BCUT2D eigenvalue weighted by Gasteiger charge is 2.22. The summed E-state index contributed by atoms with van der Waals surface area (Å²) in [5.41, 5.74) is 7.49. The third-order valence-corrected chi connectivity index (χ3v) is 3.17. The Morgan fingerprint density at radius 3 is 2.79 bits per heavy atom. The number of aromatic amines is 1. The van der Waals surface area contributed by atoms with Crippen molar-refractivity contribution in [3.05, 3.63) is 12.7 Å². The van der Waals surface area contributed by atoms with Gasteiger partial charge >= 0.3 is 0 Å². The lowest BCUT2D eigenvalue weighted by molar-refractivity contribution is 0.377. The number of hydrogen-bond donors (Lipinski definition) is 2. The summed E-state index contributed by atoms with van der Waals surface area (Å²) in [5.74, 6) is 0.908. The highest BCUT2D eigenvalue weighted by molar-refractivity contribution is 5.82. The van der Waals surface area contributed by atoms with E-state index in [-0.39, 0.29) is 5.41 Å². The first kappa shape index (κ1) is 13.7. The Labute approximate surface area is 113 Å². The standard InChI is InChI=1S/C13H22N6/c1-4-5-19(7-13(2,3)6-14)12-10-11(16-8-15-10)17-9-18-12/h8-9H,4-7,14H2,1-3H3,(H,15,16,17,18). The van der Waals surface area contributed by atoms with Crippen molar-refractivity contribution >= 4 is 17.0 Å². The maximum Gasteiger partial charge on any atom is 0.182 e. The fourth-order valence-electron chi connectivity index (χ4n) is 2.10. The molecule has 2 aromatic rings. The minimum absolute atomic E-state index is 0.0481. The molecule has 6 heteroatoms. The summed E-state index contributed by atoms with van der Waals surface area (Å²) in [6.07, 6.45) is 4.28. The van der Waals surface area contributed by atoms with Crippen molar-refractivity contribution in [3.63, 3.8) is 0 Å². The van der Waals surface area contributed by atoms with Crippen molar-refractivity contribution in [3.8, 4) is 0 Å². The molecule has 0 saturated heterocycles. The highest BCUT2D eigenvalue weighted by atomic mass is 15.2. The molecule has 0 atom stereocenters. The summed E-state index contributed by atoms with van der Waals surface area (Å²) in [5, 5.41) is 0. The van der Waals surface area contributed by atoms with Crippen molar-refractivity contribution in [2.24, 2.45) is 11.1 Å². The maximum absolute atomic E-state index is 5.84. The van der Waals surface area contributed by atoms with E-state index < -0.39 is 0 Å². The number of H-pyrrole nitrogens is 1. The number of nitrogens with one attached hydrogen (secondary N) is 1. The van der Waals surface area contributed by atoms with Crippen molar-refractivity contribution in [1.82, 2.24) is 19.9 Å². The average Bonchev–Trinajstić information content (AvgIpc) is 2.86. The Kier molecular flexibility index (Phi) is 3.99. The summed E-state index contributed by atoms with van der Waals surface area (Å²) < 4.78 is 0. The summed E-state index contributed by atoms with van der Waals surface area (Å²) >= 11 is 0. The zero-order valence-corrected chi connectivity index (χ0v) is 11.8. The second-order valence-electron chi connectivity index (χ2n) is 5.59. The van der Waals surface area contributed by atoms with Crippen LogP contribution in [-0.2, 0) is 0 Å². The molecular weight excluding hydrogens is 240 g/mol. The molecular formula is C13H22N6. The molecule has 0 aromatic carbocycles. The largest absolute Gasteiger partial charge is 0.354 e. The third kappa shape index (κ3) is 3.01. The topological polar surface area (TPSA) is 83.7 Å². The van der Waals surface area contributed by atoms with Gasteiger partial charge in [0.2, 0.25) is 0 Å². The van der Waals surface area contributed by atoms with Gasteiger partial charge in [-0.2, -0.15) is 0 Å². The van der Waals surface area contributed by atoms with Crippen LogP contribution >= 0.6 is 0 Å². The molecule has 0 spiro atoms. The first-order valence-corrected chi connectivity index (χ1v) is 6.66. The number of aromatic nitrogens is 4. The van der Waals surface area contributed by atoms with Crippen LogP contribution in [0.2, 0.25) is 0 Å². The summed E-state index contributed by atoms with van der Waals surface area (Å²) in [6.45, 7) is 8.94. The van der Waals surface area contributed by atoms with Crippen LogP contribution in [0.15, 0.2) is 12.7 Å². The van der Waals surface area contributed by atoms with Crippen LogP contribution in [0.25, 0.3) is 11.2 Å². The number of fused-ring (bicyclic) bond motifs is 1. The lowest BCUT2D eigenvalue weighted by atomic mass is 9.93. The normalized spacial score (nSPS) is 12.0. The predicted molar refractivity (Wildman–Crippen MR) is 77.0 cm³/mol. The molecule has 104 valence electrons. The van der Waals surface area contributed by atoms with Gasteiger partial charge < -0.3 is 15.6 Å². The Balaban J connectivity index is 2.35. The van der Waals surface area contributed by atoms with E-state index in [2.05, 4.69) is 45.6 Å². The van der Waals surface area contributed by atoms with Crippen LogP contribution in [0.3, 0.4) is 0 Å². The molecule has 2 heterocycles. The molecule has 0 aliphatic heterocycles. The number of rotatable bonds is 6. The van der Waals surface area contributed by atoms with E-state index >= 15 is 0 Å². The summed E-state index contributed by atoms with van der Waals surface area (Å²) in [4.78, 5) is 18.1. The average molecular weight is 262 g/mol. The van der Waals surface area contributed by atoms with Crippen molar-refractivity contribution < 1.29 is 0 Å². The highest BCUT2D eigenvalue weighted by Crippen LogP contribution is 2.24. The zero-order chi connectivity index (χ0) is 13.9. The Morgan fingerprint density at radius 2 is 2.11 bits per heavy atom. The van der Waals surface area contributed by atoms with E-state index in [1.807, 2.05) is 0 Å². The van der Waals surface area contributed by atoms with Gasteiger partial charge in [0.1, 0.15) is 11.8 Å². The first-order valence-electron chi connectivity index (χ1n) is 6.66. The maximum atomic E-state index is 5.84. The lowest BCUT2D eigenvalue weighted by Gasteiger charge is -2.32. The van der Waals surface area contributed by atoms with Crippen molar-refractivity contribution in [2.45, 2.75) is 27.2 Å². The molecule has 2 rings (SSSR count). The van der Waals surface area contributed by atoms with Crippen LogP contribution < -0.4 is 10.6 Å². The number of imidazole rings is 1. The van der Waals surface area contributed by atoms with Gasteiger partial charge in [-0.15, -0.1) is 0 Å². The second-order valence-corrected chi connectivity index (χ2v) is 5.59. The zero-order valence-electron chi connectivity index (χ0n) is 11.8. The summed E-state index contributed by atoms with van der Waals surface area (Å²) in [7, 11) is 0. The fourth-order valence-corrected chi connectivity index (χ4v) is 2.10. The fraction of sp³-hybridized carbons (Fsp3) is 0.615. The number of hydrogen-bond acceptors (Lipinski definition) is 5. The van der Waals surface area contributed by atoms with Crippen LogP contribution in [-0.4, -0.2) is 39.6 Å². The predicted octanol–water partition coefficient (Wildman–Crippen LogP) is 1.55. The van der Waals surface area contributed by atoms with Crippen LogP contribution in [0.5, 0.6) is 0 Å². The molecule has 0 amide bonds. The van der Waals surface area contributed by atoms with Gasteiger partial charge in [0.05, 0.1) is 6.33 Å². The first-order chi connectivity index (χ1) is 9.07. The molecule has 0 unspecified atom stereocenters. The molecule has 3 N–H and O–H groups in total. The van der Waals surface area contributed by atoms with Crippen molar-refractivity contribution in [1.29, 1.82) is 0 Å². The van der Waals surface area contributed by atoms with Gasteiger partial charge in [0.15, 0.2) is 11.5 Å². The smallest absolute Gasteiger partial charge is 0.182 e. The second kappa shape index (κ2) is 5.52. The van der Waals surface area contributed by atoms with Gasteiger partial charge in [-0.1, -0.05) is 20.8 Å². The van der Waals surface area contributed by atoms with E-state index in [4.69, 9.17) is 5.73 Å². The van der Waals surface area contributed by atoms with Gasteiger partial charge in [0.25, 0.3) is 0 Å². The lowest BCUT2D eigenvalue weighted by Crippen LogP contribution is -2.39. The van der Waals surface area contributed by atoms with Crippen LogP contribution in [0, 0.1) is 5.41 Å². The van der Waals surface area contributed by atoms with E-state index in [0.29, 0.717) is 12.2 Å². The molecule has 0 bridgehead atoms. The van der Waals surface area contributed by atoms with E-state index in [0.717, 1.165) is 30.8 Å². The van der Waals surface area contributed by atoms with E-state index in [1.54, 1.807) is 12.7 Å². The summed E-state index contributed by atoms with van der Waals surface area (Å²) in [6, 6.07) is 0. The molecule has 0 aliphatic carbocycles. The van der Waals surface area contributed by atoms with E-state index in [9.17, 15) is 0 Å². The number of anilines is 1. The Bertz CT molecular complexity index is 533. The quantitative estimate of drug-likeness (QED) is 0.825. The molecule has 2 aromatic heterocycles. The minimum Gasteiger partial charge on any atom is -0.354 e. The number of nitrogens with zero attached hydrogens (tertiary/aromatic N) is 4. The molecule has 6 nitrogen and oxygen atoms in total. The molecule has 0 radical (unpaired) electrons. The van der Waals surface area contributed by atoms with Gasteiger partial charge in [0, 0.05) is 13.1 Å². The van der Waals surface area contributed by atoms with Crippen LogP contribution in [0.1, 0.15) is 27.2 Å². The molecule has 0 fully saturated rings. The molecule has 0 aliphatic rings. The van der Waals surface area contributed by atoms with E-state index in [1.165, 1.54) is 0 Å². The van der Waals surface area contributed by atoms with Gasteiger partial charge in [-0.25, -0.2) is 15.0 Å². The monoisotopic (exact) mass is 262 g/mol.